The van der Waals surface area contributed by atoms with Crippen molar-refractivity contribution >= 4 is 5.91 Å². The molecule has 2 heterocycles. The van der Waals surface area contributed by atoms with Gasteiger partial charge in [-0.1, -0.05) is 25.0 Å². The van der Waals surface area contributed by atoms with Crippen LogP contribution in [-0.4, -0.2) is 58.2 Å². The third kappa shape index (κ3) is 3.61. The summed E-state index contributed by atoms with van der Waals surface area (Å²) >= 11 is 0. The third-order valence-electron chi connectivity index (χ3n) is 5.54. The van der Waals surface area contributed by atoms with Crippen molar-refractivity contribution in [3.05, 3.63) is 48.3 Å². The molecule has 1 aromatic carbocycles. The molecule has 0 unspecified atom stereocenters. The molecule has 1 saturated heterocycles. The second kappa shape index (κ2) is 7.40. The number of amides is 1. The summed E-state index contributed by atoms with van der Waals surface area (Å²) < 4.78 is 1.77. The maximum absolute atomic E-state index is 13.0. The van der Waals surface area contributed by atoms with Gasteiger partial charge in [-0.05, 0) is 37.0 Å². The first-order valence-electron chi connectivity index (χ1n) is 9.42. The number of aromatic nitrogens is 2. The van der Waals surface area contributed by atoms with Crippen molar-refractivity contribution in [2.24, 2.45) is 5.92 Å². The van der Waals surface area contributed by atoms with Gasteiger partial charge in [0.2, 0.25) is 0 Å². The van der Waals surface area contributed by atoms with E-state index in [1.807, 2.05) is 41.4 Å². The lowest BCUT2D eigenvalue weighted by Crippen LogP contribution is -2.49. The maximum atomic E-state index is 13.0. The SMILES string of the molecule is O=C(c1ccccc1-n1cccn1)N1CCN(CC2CCCC2)CC1. The molecule has 2 aliphatic rings. The molecule has 0 atom stereocenters. The minimum absolute atomic E-state index is 0.117. The van der Waals surface area contributed by atoms with Crippen LogP contribution in [0.15, 0.2) is 42.7 Å². The summed E-state index contributed by atoms with van der Waals surface area (Å²) in [6, 6.07) is 9.62. The molecule has 0 radical (unpaired) electrons. The number of hydrogen-bond acceptors (Lipinski definition) is 3. The van der Waals surface area contributed by atoms with E-state index in [1.54, 1.807) is 10.9 Å². The molecule has 25 heavy (non-hydrogen) atoms. The van der Waals surface area contributed by atoms with Crippen molar-refractivity contribution in [2.45, 2.75) is 25.7 Å². The van der Waals surface area contributed by atoms with E-state index < -0.39 is 0 Å². The van der Waals surface area contributed by atoms with Crippen LogP contribution in [0, 0.1) is 5.92 Å². The van der Waals surface area contributed by atoms with Gasteiger partial charge < -0.3 is 4.90 Å². The summed E-state index contributed by atoms with van der Waals surface area (Å²) in [6.07, 6.45) is 9.18. The van der Waals surface area contributed by atoms with Crippen molar-refractivity contribution in [3.63, 3.8) is 0 Å². The molecule has 4 rings (SSSR count). The van der Waals surface area contributed by atoms with Gasteiger partial charge in [0.25, 0.3) is 5.91 Å². The van der Waals surface area contributed by atoms with Gasteiger partial charge in [-0.15, -0.1) is 0 Å². The predicted octanol–water partition coefficient (Wildman–Crippen LogP) is 2.82. The van der Waals surface area contributed by atoms with E-state index in [4.69, 9.17) is 0 Å². The summed E-state index contributed by atoms with van der Waals surface area (Å²) in [5, 5.41) is 4.28. The number of carbonyl (C=O) groups is 1. The van der Waals surface area contributed by atoms with E-state index in [0.29, 0.717) is 0 Å². The van der Waals surface area contributed by atoms with E-state index in [2.05, 4.69) is 10.00 Å². The van der Waals surface area contributed by atoms with Gasteiger partial charge in [0.05, 0.1) is 11.3 Å². The second-order valence-corrected chi connectivity index (χ2v) is 7.21. The smallest absolute Gasteiger partial charge is 0.256 e. The molecule has 2 aromatic rings. The maximum Gasteiger partial charge on any atom is 0.256 e. The summed E-state index contributed by atoms with van der Waals surface area (Å²) in [4.78, 5) is 17.6. The zero-order chi connectivity index (χ0) is 17.1. The van der Waals surface area contributed by atoms with Crippen LogP contribution in [0.3, 0.4) is 0 Å². The standard InChI is InChI=1S/C20H26N4O/c25-20(18-8-3-4-9-19(18)24-11-5-10-21-24)23-14-12-22(13-15-23)16-17-6-1-2-7-17/h3-5,8-11,17H,1-2,6-7,12-16H2. The highest BCUT2D eigenvalue weighted by Gasteiger charge is 2.26. The predicted molar refractivity (Wildman–Crippen MR) is 97.9 cm³/mol. The Morgan fingerprint density at radius 2 is 1.80 bits per heavy atom. The number of hydrogen-bond donors (Lipinski definition) is 0. The molecule has 2 fully saturated rings. The zero-order valence-corrected chi connectivity index (χ0v) is 14.7. The Bertz CT molecular complexity index is 698. The first kappa shape index (κ1) is 16.3. The Hall–Kier alpha value is -2.14. The highest BCUT2D eigenvalue weighted by Crippen LogP contribution is 2.26. The lowest BCUT2D eigenvalue weighted by atomic mass is 10.1. The Kier molecular flexibility index (Phi) is 4.83. The number of benzene rings is 1. The third-order valence-corrected chi connectivity index (χ3v) is 5.54. The topological polar surface area (TPSA) is 41.4 Å². The van der Waals surface area contributed by atoms with Crippen LogP contribution in [0.2, 0.25) is 0 Å². The molecular weight excluding hydrogens is 312 g/mol. The molecule has 1 saturated carbocycles. The second-order valence-electron chi connectivity index (χ2n) is 7.21. The van der Waals surface area contributed by atoms with Gasteiger partial charge in [0.15, 0.2) is 0 Å². The molecule has 0 bridgehead atoms. The van der Waals surface area contributed by atoms with Crippen LogP contribution < -0.4 is 0 Å². The van der Waals surface area contributed by atoms with Crippen LogP contribution in [0.5, 0.6) is 0 Å². The highest BCUT2D eigenvalue weighted by atomic mass is 16.2. The first-order valence-corrected chi connectivity index (χ1v) is 9.42. The van der Waals surface area contributed by atoms with Gasteiger partial charge in [-0.2, -0.15) is 5.10 Å². The number of rotatable bonds is 4. The van der Waals surface area contributed by atoms with Crippen molar-refractivity contribution in [1.82, 2.24) is 19.6 Å². The molecule has 132 valence electrons. The normalized spacial score (nSPS) is 19.4. The quantitative estimate of drug-likeness (QED) is 0.861. The van der Waals surface area contributed by atoms with E-state index in [1.165, 1.54) is 32.2 Å². The van der Waals surface area contributed by atoms with Crippen molar-refractivity contribution in [2.75, 3.05) is 32.7 Å². The highest BCUT2D eigenvalue weighted by molar-refractivity contribution is 5.97. The molecule has 0 N–H and O–H groups in total. The van der Waals surface area contributed by atoms with Crippen LogP contribution >= 0.6 is 0 Å². The average Bonchev–Trinajstić information content (AvgIpc) is 3.36. The Labute approximate surface area is 149 Å². The minimum Gasteiger partial charge on any atom is -0.336 e. The summed E-state index contributed by atoms with van der Waals surface area (Å²) in [7, 11) is 0. The average molecular weight is 338 g/mol. The minimum atomic E-state index is 0.117. The molecule has 5 nitrogen and oxygen atoms in total. The van der Waals surface area contributed by atoms with Crippen LogP contribution in [0.4, 0.5) is 0 Å². The summed E-state index contributed by atoms with van der Waals surface area (Å²) in [6.45, 7) is 4.84. The van der Waals surface area contributed by atoms with Crippen LogP contribution in [0.1, 0.15) is 36.0 Å². The Morgan fingerprint density at radius 1 is 1.04 bits per heavy atom. The van der Waals surface area contributed by atoms with Gasteiger partial charge in [0, 0.05) is 45.1 Å². The van der Waals surface area contributed by atoms with Gasteiger partial charge in [0.1, 0.15) is 0 Å². The number of nitrogens with zero attached hydrogens (tertiary/aromatic N) is 4. The number of para-hydroxylation sites is 1. The lowest BCUT2D eigenvalue weighted by Gasteiger charge is -2.36. The molecule has 5 heteroatoms. The van der Waals surface area contributed by atoms with Gasteiger partial charge in [-0.3, -0.25) is 9.69 Å². The van der Waals surface area contributed by atoms with Crippen LogP contribution in [0.25, 0.3) is 5.69 Å². The molecule has 1 aromatic heterocycles. The van der Waals surface area contributed by atoms with E-state index in [0.717, 1.165) is 43.3 Å². The Balaban J connectivity index is 1.41. The van der Waals surface area contributed by atoms with Crippen LogP contribution in [-0.2, 0) is 0 Å². The molecular formula is C20H26N4O. The molecule has 1 aliphatic heterocycles. The largest absolute Gasteiger partial charge is 0.336 e. The summed E-state index contributed by atoms with van der Waals surface area (Å²) in [5.41, 5.74) is 1.58. The van der Waals surface area contributed by atoms with Crippen molar-refractivity contribution < 1.29 is 4.79 Å². The molecule has 1 amide bonds. The molecule has 1 aliphatic carbocycles. The van der Waals surface area contributed by atoms with Crippen molar-refractivity contribution in [1.29, 1.82) is 0 Å². The van der Waals surface area contributed by atoms with E-state index in [-0.39, 0.29) is 5.91 Å². The zero-order valence-electron chi connectivity index (χ0n) is 14.7. The fourth-order valence-electron chi connectivity index (χ4n) is 4.13. The van der Waals surface area contributed by atoms with Gasteiger partial charge >= 0.3 is 0 Å². The number of carbonyl (C=O) groups excluding carboxylic acids is 1. The summed E-state index contributed by atoms with van der Waals surface area (Å²) in [5.74, 6) is 0.995. The number of piperazine rings is 1. The van der Waals surface area contributed by atoms with Gasteiger partial charge in [-0.25, -0.2) is 4.68 Å². The lowest BCUT2D eigenvalue weighted by molar-refractivity contribution is 0.0618. The van der Waals surface area contributed by atoms with E-state index >= 15 is 0 Å². The fourth-order valence-corrected chi connectivity index (χ4v) is 4.13. The van der Waals surface area contributed by atoms with Crippen molar-refractivity contribution in [3.8, 4) is 5.69 Å². The fraction of sp³-hybridized carbons (Fsp3) is 0.500. The first-order chi connectivity index (χ1) is 12.3. The monoisotopic (exact) mass is 338 g/mol. The molecule has 0 spiro atoms. The van der Waals surface area contributed by atoms with E-state index in [9.17, 15) is 4.79 Å². The Morgan fingerprint density at radius 3 is 2.52 bits per heavy atom.